The largest absolute Gasteiger partial charge is 0.368 e. The van der Waals surface area contributed by atoms with Crippen molar-refractivity contribution in [2.75, 3.05) is 41.7 Å². The molecule has 2 aliphatic rings. The highest BCUT2D eigenvalue weighted by molar-refractivity contribution is 6.31. The number of carbonyl (C=O) groups is 2. The topological polar surface area (TPSA) is 82.5 Å². The van der Waals surface area contributed by atoms with E-state index in [-0.39, 0.29) is 5.91 Å². The standard InChI is InChI=1S/C26H28Cl2N6O2/c1-17-14-20(28)6-9-22(17)29-26(36)31-23-16-34(15-18-2-3-18)24(30-23)25(35)33-12-10-32(11-13-33)21-7-4-19(27)5-8-21/h4-9,14,16,18H,2-3,10-13,15H2,1H3,(H2,29,31,36). The monoisotopic (exact) mass is 526 g/mol. The van der Waals surface area contributed by atoms with Crippen molar-refractivity contribution in [1.29, 1.82) is 0 Å². The maximum atomic E-state index is 13.4. The van der Waals surface area contributed by atoms with Crippen molar-refractivity contribution >= 4 is 52.3 Å². The Kier molecular flexibility index (Phi) is 7.07. The first kappa shape index (κ1) is 24.5. The second kappa shape index (κ2) is 10.4. The average molecular weight is 527 g/mol. The molecule has 3 aromatic rings. The van der Waals surface area contributed by atoms with E-state index in [4.69, 9.17) is 23.2 Å². The lowest BCUT2D eigenvalue weighted by molar-refractivity contribution is 0.0729. The molecule has 1 aliphatic heterocycles. The van der Waals surface area contributed by atoms with Crippen molar-refractivity contribution < 1.29 is 9.59 Å². The summed E-state index contributed by atoms with van der Waals surface area (Å²) in [6, 6.07) is 12.6. The Bertz CT molecular complexity index is 1260. The summed E-state index contributed by atoms with van der Waals surface area (Å²) < 4.78 is 1.88. The van der Waals surface area contributed by atoms with Gasteiger partial charge < -0.3 is 19.7 Å². The summed E-state index contributed by atoms with van der Waals surface area (Å²) in [4.78, 5) is 34.7. The van der Waals surface area contributed by atoms with Crippen LogP contribution >= 0.6 is 23.2 Å². The zero-order valence-corrected chi connectivity index (χ0v) is 21.5. The van der Waals surface area contributed by atoms with Crippen LogP contribution in [0.3, 0.4) is 0 Å². The number of nitrogens with one attached hydrogen (secondary N) is 2. The van der Waals surface area contributed by atoms with Crippen molar-refractivity contribution in [3.63, 3.8) is 0 Å². The highest BCUT2D eigenvalue weighted by atomic mass is 35.5. The summed E-state index contributed by atoms with van der Waals surface area (Å²) >= 11 is 12.0. The van der Waals surface area contributed by atoms with E-state index in [1.165, 1.54) is 0 Å². The number of nitrogens with zero attached hydrogens (tertiary/aromatic N) is 4. The van der Waals surface area contributed by atoms with Crippen LogP contribution in [0, 0.1) is 12.8 Å². The van der Waals surface area contributed by atoms with Gasteiger partial charge in [0.15, 0.2) is 5.82 Å². The minimum Gasteiger partial charge on any atom is -0.368 e. The lowest BCUT2D eigenvalue weighted by Crippen LogP contribution is -2.49. The predicted octanol–water partition coefficient (Wildman–Crippen LogP) is 5.51. The fourth-order valence-corrected chi connectivity index (χ4v) is 4.72. The van der Waals surface area contributed by atoms with Crippen LogP contribution in [0.15, 0.2) is 48.7 Å². The summed E-state index contributed by atoms with van der Waals surface area (Å²) in [7, 11) is 0. The molecule has 36 heavy (non-hydrogen) atoms. The van der Waals surface area contributed by atoms with Gasteiger partial charge in [-0.2, -0.15) is 0 Å². The summed E-state index contributed by atoms with van der Waals surface area (Å²) in [5.74, 6) is 1.14. The molecule has 0 bridgehead atoms. The summed E-state index contributed by atoms with van der Waals surface area (Å²) in [6.45, 7) is 5.23. The Labute approximate surface area is 220 Å². The van der Waals surface area contributed by atoms with Crippen LogP contribution in [0.5, 0.6) is 0 Å². The van der Waals surface area contributed by atoms with E-state index in [0.29, 0.717) is 46.4 Å². The molecule has 2 N–H and O–H groups in total. The molecule has 0 unspecified atom stereocenters. The Hall–Kier alpha value is -3.23. The van der Waals surface area contributed by atoms with Gasteiger partial charge in [0.25, 0.3) is 5.91 Å². The van der Waals surface area contributed by atoms with Gasteiger partial charge in [-0.25, -0.2) is 9.78 Å². The quantitative estimate of drug-likeness (QED) is 0.443. The van der Waals surface area contributed by atoms with Gasteiger partial charge in [0, 0.05) is 60.3 Å². The van der Waals surface area contributed by atoms with Crippen LogP contribution in [0.1, 0.15) is 29.0 Å². The van der Waals surface area contributed by atoms with Gasteiger partial charge in [0.05, 0.1) is 0 Å². The van der Waals surface area contributed by atoms with Gasteiger partial charge in [-0.3, -0.25) is 10.1 Å². The first-order valence-corrected chi connectivity index (χ1v) is 12.8. The number of rotatable bonds is 6. The van der Waals surface area contributed by atoms with Crippen LogP contribution in [-0.4, -0.2) is 52.6 Å². The highest BCUT2D eigenvalue weighted by Gasteiger charge is 2.29. The van der Waals surface area contributed by atoms with Gasteiger partial charge in [0.1, 0.15) is 0 Å². The molecule has 10 heteroatoms. The molecule has 2 aromatic carbocycles. The van der Waals surface area contributed by atoms with Gasteiger partial charge in [-0.15, -0.1) is 0 Å². The molecule has 1 aromatic heterocycles. The Morgan fingerprint density at radius 2 is 1.67 bits per heavy atom. The highest BCUT2D eigenvalue weighted by Crippen LogP contribution is 2.32. The van der Waals surface area contributed by atoms with Gasteiger partial charge in [-0.1, -0.05) is 23.2 Å². The van der Waals surface area contributed by atoms with E-state index < -0.39 is 6.03 Å². The molecule has 1 aliphatic carbocycles. The van der Waals surface area contributed by atoms with Crippen molar-refractivity contribution in [3.05, 3.63) is 70.1 Å². The van der Waals surface area contributed by atoms with Crippen molar-refractivity contribution in [2.45, 2.75) is 26.3 Å². The molecule has 2 fully saturated rings. The average Bonchev–Trinajstić information content (AvgIpc) is 3.59. The van der Waals surface area contributed by atoms with E-state index in [9.17, 15) is 9.59 Å². The number of aryl methyl sites for hydroxylation is 1. The molecule has 1 saturated heterocycles. The predicted molar refractivity (Wildman–Crippen MR) is 143 cm³/mol. The Morgan fingerprint density at radius 3 is 2.33 bits per heavy atom. The van der Waals surface area contributed by atoms with Crippen LogP contribution in [0.4, 0.5) is 22.0 Å². The number of hydrogen-bond donors (Lipinski definition) is 2. The molecule has 0 radical (unpaired) electrons. The van der Waals surface area contributed by atoms with Crippen LogP contribution in [-0.2, 0) is 6.54 Å². The number of hydrogen-bond acceptors (Lipinski definition) is 4. The third-order valence-corrected chi connectivity index (χ3v) is 7.04. The first-order valence-electron chi connectivity index (χ1n) is 12.1. The first-order chi connectivity index (χ1) is 17.4. The van der Waals surface area contributed by atoms with Gasteiger partial charge in [-0.05, 0) is 73.7 Å². The van der Waals surface area contributed by atoms with E-state index in [1.54, 1.807) is 24.4 Å². The molecule has 5 rings (SSSR count). The second-order valence-corrected chi connectivity index (χ2v) is 10.2. The van der Waals surface area contributed by atoms with E-state index in [0.717, 1.165) is 43.7 Å². The smallest absolute Gasteiger partial charge is 0.324 e. The number of benzene rings is 2. The van der Waals surface area contributed by atoms with Crippen LogP contribution < -0.4 is 15.5 Å². The molecule has 1 saturated carbocycles. The number of anilines is 3. The summed E-state index contributed by atoms with van der Waals surface area (Å²) in [6.07, 6.45) is 4.04. The maximum absolute atomic E-state index is 13.4. The molecule has 0 atom stereocenters. The van der Waals surface area contributed by atoms with E-state index >= 15 is 0 Å². The number of amides is 3. The molecule has 8 nitrogen and oxygen atoms in total. The fraction of sp³-hybridized carbons (Fsp3) is 0.346. The Morgan fingerprint density at radius 1 is 0.972 bits per heavy atom. The van der Waals surface area contributed by atoms with E-state index in [2.05, 4.69) is 20.5 Å². The number of urea groups is 1. The third kappa shape index (κ3) is 5.77. The zero-order chi connectivity index (χ0) is 25.2. The van der Waals surface area contributed by atoms with Crippen molar-refractivity contribution in [3.8, 4) is 0 Å². The van der Waals surface area contributed by atoms with Crippen LogP contribution in [0.25, 0.3) is 0 Å². The SMILES string of the molecule is Cc1cc(Cl)ccc1NC(=O)Nc1cn(CC2CC2)c(C(=O)N2CCN(c3ccc(Cl)cc3)CC2)n1. The lowest BCUT2D eigenvalue weighted by atomic mass is 10.2. The summed E-state index contributed by atoms with van der Waals surface area (Å²) in [5, 5.41) is 6.90. The molecular formula is C26H28Cl2N6O2. The molecule has 0 spiro atoms. The molecule has 3 amide bonds. The minimum absolute atomic E-state index is 0.117. The zero-order valence-electron chi connectivity index (χ0n) is 20.0. The van der Waals surface area contributed by atoms with Crippen molar-refractivity contribution in [1.82, 2.24) is 14.5 Å². The normalized spacial score (nSPS) is 15.6. The van der Waals surface area contributed by atoms with Gasteiger partial charge >= 0.3 is 6.03 Å². The molecule has 188 valence electrons. The van der Waals surface area contributed by atoms with E-state index in [1.807, 2.05) is 40.7 Å². The molecular weight excluding hydrogens is 499 g/mol. The minimum atomic E-state index is -0.424. The lowest BCUT2D eigenvalue weighted by Gasteiger charge is -2.36. The number of piperazine rings is 1. The second-order valence-electron chi connectivity index (χ2n) is 9.34. The fourth-order valence-electron chi connectivity index (χ4n) is 4.36. The Balaban J connectivity index is 1.26. The third-order valence-electron chi connectivity index (χ3n) is 6.56. The van der Waals surface area contributed by atoms with Crippen molar-refractivity contribution in [2.24, 2.45) is 5.92 Å². The number of carbonyl (C=O) groups excluding carboxylic acids is 2. The number of halogens is 2. The van der Waals surface area contributed by atoms with Crippen LogP contribution in [0.2, 0.25) is 10.0 Å². The number of imidazole rings is 1. The van der Waals surface area contributed by atoms with Gasteiger partial charge in [0.2, 0.25) is 5.82 Å². The summed E-state index contributed by atoms with van der Waals surface area (Å²) in [5.41, 5.74) is 2.60. The maximum Gasteiger partial charge on any atom is 0.324 e. The molecule has 2 heterocycles. The number of aromatic nitrogens is 2.